The van der Waals surface area contributed by atoms with Gasteiger partial charge in [0.15, 0.2) is 0 Å². The van der Waals surface area contributed by atoms with E-state index in [0.717, 1.165) is 33.2 Å². The molecule has 0 saturated carbocycles. The number of aromatic nitrogens is 1. The summed E-state index contributed by atoms with van der Waals surface area (Å²) in [5.74, 6) is 0.408. The first-order chi connectivity index (χ1) is 15.5. The van der Waals surface area contributed by atoms with Crippen molar-refractivity contribution in [1.29, 1.82) is 0 Å². The fourth-order valence-corrected chi connectivity index (χ4v) is 3.97. The number of benzene rings is 2. The molecule has 0 fully saturated rings. The number of hydrogen-bond acceptors (Lipinski definition) is 4. The Morgan fingerprint density at radius 2 is 1.91 bits per heavy atom. The van der Waals surface area contributed by atoms with E-state index < -0.39 is 0 Å². The Labute approximate surface area is 195 Å². The Hall–Kier alpha value is -3.28. The summed E-state index contributed by atoms with van der Waals surface area (Å²) in [6, 6.07) is 12.8. The molecule has 2 aromatic carbocycles. The minimum Gasteiger partial charge on any atom is -0.496 e. The summed E-state index contributed by atoms with van der Waals surface area (Å²) in [4.78, 5) is 16.5. The lowest BCUT2D eigenvalue weighted by Crippen LogP contribution is -2.20. The van der Waals surface area contributed by atoms with Crippen molar-refractivity contribution in [2.75, 3.05) is 7.11 Å². The molecule has 4 aromatic rings. The number of hydrogen-bond donors (Lipinski definition) is 1. The van der Waals surface area contributed by atoms with Crippen molar-refractivity contribution in [3.63, 3.8) is 0 Å². The van der Waals surface area contributed by atoms with Crippen LogP contribution in [0.15, 0.2) is 71.6 Å². The first-order valence-corrected chi connectivity index (χ1v) is 10.6. The van der Waals surface area contributed by atoms with Crippen LogP contribution in [0.2, 0.25) is 10.0 Å². The molecule has 0 aliphatic rings. The number of ether oxygens (including phenoxy) is 1. The molecule has 1 N–H and O–H groups in total. The van der Waals surface area contributed by atoms with Crippen LogP contribution in [0.5, 0.6) is 5.75 Å². The SMILES string of the molecule is COc1cc2occ(-c3ccc(Cl)cc3Cl)c2cc1/C(C)=C/C(=O)NCc1ccncc1. The molecule has 0 aliphatic heterocycles. The van der Waals surface area contributed by atoms with Crippen LogP contribution in [-0.4, -0.2) is 18.0 Å². The first kappa shape index (κ1) is 21.9. The maximum absolute atomic E-state index is 12.5. The molecular weight excluding hydrogens is 447 g/mol. The summed E-state index contributed by atoms with van der Waals surface area (Å²) in [7, 11) is 1.58. The molecule has 162 valence electrons. The summed E-state index contributed by atoms with van der Waals surface area (Å²) in [6.45, 7) is 2.28. The van der Waals surface area contributed by atoms with E-state index in [1.807, 2.05) is 37.3 Å². The number of halogens is 2. The van der Waals surface area contributed by atoms with E-state index in [1.54, 1.807) is 44.0 Å². The second-order valence-electron chi connectivity index (χ2n) is 7.22. The number of allylic oxidation sites excluding steroid dienone is 1. The number of furan rings is 1. The van der Waals surface area contributed by atoms with E-state index in [0.29, 0.717) is 27.9 Å². The van der Waals surface area contributed by atoms with Crippen molar-refractivity contribution in [3.05, 3.63) is 88.4 Å². The Morgan fingerprint density at radius 3 is 2.62 bits per heavy atom. The lowest BCUT2D eigenvalue weighted by Gasteiger charge is -2.10. The molecule has 2 aromatic heterocycles. The predicted octanol–water partition coefficient (Wildman–Crippen LogP) is 6.53. The second-order valence-corrected chi connectivity index (χ2v) is 8.07. The number of fused-ring (bicyclic) bond motifs is 1. The van der Waals surface area contributed by atoms with Gasteiger partial charge >= 0.3 is 0 Å². The third-order valence-corrected chi connectivity index (χ3v) is 5.65. The fourth-order valence-electron chi connectivity index (χ4n) is 3.46. The number of carbonyl (C=O) groups is 1. The molecule has 0 radical (unpaired) electrons. The molecule has 0 unspecified atom stereocenters. The molecule has 0 aliphatic carbocycles. The van der Waals surface area contributed by atoms with Crippen LogP contribution < -0.4 is 10.1 Å². The standard InChI is InChI=1S/C25H20Cl2N2O3/c1-15(9-25(30)29-13-16-5-7-28-8-6-16)19-11-20-21(14-32-24(20)12-23(19)31-2)18-4-3-17(26)10-22(18)27/h3-12,14H,13H2,1-2H3,(H,29,30)/b15-9+. The monoisotopic (exact) mass is 466 g/mol. The zero-order valence-corrected chi connectivity index (χ0v) is 19.0. The van der Waals surface area contributed by atoms with Gasteiger partial charge in [-0.15, -0.1) is 0 Å². The molecule has 2 heterocycles. The Bertz CT molecular complexity index is 1310. The molecule has 0 spiro atoms. The smallest absolute Gasteiger partial charge is 0.244 e. The highest BCUT2D eigenvalue weighted by Gasteiger charge is 2.16. The molecule has 7 heteroatoms. The van der Waals surface area contributed by atoms with Crippen molar-refractivity contribution in [2.45, 2.75) is 13.5 Å². The topological polar surface area (TPSA) is 64.4 Å². The molecule has 5 nitrogen and oxygen atoms in total. The number of rotatable bonds is 6. The van der Waals surface area contributed by atoms with Gasteiger partial charge in [0.25, 0.3) is 0 Å². The third kappa shape index (κ3) is 4.64. The number of methoxy groups -OCH3 is 1. The first-order valence-electron chi connectivity index (χ1n) is 9.86. The summed E-state index contributed by atoms with van der Waals surface area (Å²) >= 11 is 12.5. The zero-order valence-electron chi connectivity index (χ0n) is 17.5. The van der Waals surface area contributed by atoms with Crippen molar-refractivity contribution in [3.8, 4) is 16.9 Å². The Kier molecular flexibility index (Phi) is 6.49. The molecule has 0 saturated heterocycles. The molecule has 1 amide bonds. The third-order valence-electron chi connectivity index (χ3n) is 5.11. The molecule has 0 atom stereocenters. The fraction of sp³-hybridized carbons (Fsp3) is 0.120. The van der Waals surface area contributed by atoms with E-state index in [1.165, 1.54) is 0 Å². The minimum atomic E-state index is -0.199. The van der Waals surface area contributed by atoms with Crippen LogP contribution >= 0.6 is 23.2 Å². The van der Waals surface area contributed by atoms with Gasteiger partial charge in [-0.2, -0.15) is 0 Å². The number of nitrogens with one attached hydrogen (secondary N) is 1. The van der Waals surface area contributed by atoms with Crippen LogP contribution in [0.1, 0.15) is 18.1 Å². The highest BCUT2D eigenvalue weighted by molar-refractivity contribution is 6.36. The van der Waals surface area contributed by atoms with E-state index in [-0.39, 0.29) is 5.91 Å². The van der Waals surface area contributed by atoms with Gasteiger partial charge in [-0.1, -0.05) is 29.3 Å². The molecule has 4 rings (SSSR count). The number of nitrogens with zero attached hydrogens (tertiary/aromatic N) is 1. The van der Waals surface area contributed by atoms with Crippen molar-refractivity contribution in [2.24, 2.45) is 0 Å². The van der Waals surface area contributed by atoms with Gasteiger partial charge in [-0.25, -0.2) is 0 Å². The zero-order chi connectivity index (χ0) is 22.7. The second kappa shape index (κ2) is 9.47. The Morgan fingerprint density at radius 1 is 1.12 bits per heavy atom. The van der Waals surface area contributed by atoms with Gasteiger partial charge in [0.2, 0.25) is 5.91 Å². The van der Waals surface area contributed by atoms with Crippen LogP contribution in [0.4, 0.5) is 0 Å². The van der Waals surface area contributed by atoms with E-state index in [9.17, 15) is 4.79 Å². The minimum absolute atomic E-state index is 0.199. The van der Waals surface area contributed by atoms with Crippen LogP contribution in [0.25, 0.3) is 27.7 Å². The van der Waals surface area contributed by atoms with Crippen molar-refractivity contribution in [1.82, 2.24) is 10.3 Å². The van der Waals surface area contributed by atoms with Gasteiger partial charge in [0.05, 0.1) is 18.4 Å². The lowest BCUT2D eigenvalue weighted by atomic mass is 9.99. The summed E-state index contributed by atoms with van der Waals surface area (Å²) in [5.41, 5.74) is 4.81. The van der Waals surface area contributed by atoms with E-state index in [2.05, 4.69) is 10.3 Å². The molecule has 32 heavy (non-hydrogen) atoms. The quantitative estimate of drug-likeness (QED) is 0.328. The largest absolute Gasteiger partial charge is 0.496 e. The van der Waals surface area contributed by atoms with Crippen LogP contribution in [0.3, 0.4) is 0 Å². The maximum atomic E-state index is 12.5. The van der Waals surface area contributed by atoms with E-state index >= 15 is 0 Å². The van der Waals surface area contributed by atoms with E-state index in [4.69, 9.17) is 32.4 Å². The van der Waals surface area contributed by atoms with Crippen molar-refractivity contribution < 1.29 is 13.9 Å². The normalized spacial score (nSPS) is 11.6. The summed E-state index contributed by atoms with van der Waals surface area (Å²) in [6.07, 6.45) is 6.60. The Balaban J connectivity index is 1.67. The molecular formula is C25H20Cl2N2O3. The highest BCUT2D eigenvalue weighted by Crippen LogP contribution is 2.40. The highest BCUT2D eigenvalue weighted by atomic mass is 35.5. The van der Waals surface area contributed by atoms with Gasteiger partial charge in [0.1, 0.15) is 11.3 Å². The van der Waals surface area contributed by atoms with Crippen LogP contribution in [-0.2, 0) is 11.3 Å². The van der Waals surface area contributed by atoms with Gasteiger partial charge in [-0.3, -0.25) is 9.78 Å². The maximum Gasteiger partial charge on any atom is 0.244 e. The molecule has 0 bridgehead atoms. The average Bonchev–Trinajstić information content (AvgIpc) is 3.20. The van der Waals surface area contributed by atoms with Crippen molar-refractivity contribution >= 4 is 45.7 Å². The van der Waals surface area contributed by atoms with Gasteiger partial charge < -0.3 is 14.5 Å². The lowest BCUT2D eigenvalue weighted by molar-refractivity contribution is -0.116. The number of amides is 1. The van der Waals surface area contributed by atoms with Crippen LogP contribution in [0, 0.1) is 0 Å². The van der Waals surface area contributed by atoms with Gasteiger partial charge in [-0.05, 0) is 48.4 Å². The number of carbonyl (C=O) groups excluding carboxylic acids is 1. The number of pyridine rings is 1. The summed E-state index contributed by atoms with van der Waals surface area (Å²) in [5, 5.41) is 4.83. The summed E-state index contributed by atoms with van der Waals surface area (Å²) < 4.78 is 11.3. The average molecular weight is 467 g/mol. The predicted molar refractivity (Wildman–Crippen MR) is 128 cm³/mol. The van der Waals surface area contributed by atoms with Gasteiger partial charge in [0, 0.05) is 58.2 Å².